The summed E-state index contributed by atoms with van der Waals surface area (Å²) in [5, 5.41) is 0. The SMILES string of the molecule is Fc1ccc(Oc2ccc(-c3ccccn3)cc2)cc1. The number of nitrogens with zero attached hydrogens (tertiary/aromatic N) is 1. The number of pyridine rings is 1. The number of benzene rings is 2. The minimum Gasteiger partial charge on any atom is -0.457 e. The molecule has 0 aliphatic rings. The number of halogens is 1. The van der Waals surface area contributed by atoms with E-state index in [9.17, 15) is 4.39 Å². The minimum atomic E-state index is -0.275. The van der Waals surface area contributed by atoms with Crippen molar-refractivity contribution < 1.29 is 9.13 Å². The maximum atomic E-state index is 12.8. The van der Waals surface area contributed by atoms with Crippen molar-refractivity contribution in [2.45, 2.75) is 0 Å². The van der Waals surface area contributed by atoms with Gasteiger partial charge in [0, 0.05) is 11.8 Å². The van der Waals surface area contributed by atoms with Crippen molar-refractivity contribution in [3.63, 3.8) is 0 Å². The van der Waals surface area contributed by atoms with Crippen LogP contribution in [0.3, 0.4) is 0 Å². The van der Waals surface area contributed by atoms with Crippen LogP contribution < -0.4 is 4.74 Å². The largest absolute Gasteiger partial charge is 0.457 e. The highest BCUT2D eigenvalue weighted by atomic mass is 19.1. The van der Waals surface area contributed by atoms with Crippen molar-refractivity contribution in [1.82, 2.24) is 4.98 Å². The third-order valence-electron chi connectivity index (χ3n) is 2.86. The topological polar surface area (TPSA) is 22.1 Å². The van der Waals surface area contributed by atoms with Crippen LogP contribution in [0.1, 0.15) is 0 Å². The molecular weight excluding hydrogens is 253 g/mol. The zero-order valence-electron chi connectivity index (χ0n) is 10.7. The summed E-state index contributed by atoms with van der Waals surface area (Å²) in [6.07, 6.45) is 1.76. The molecule has 0 saturated carbocycles. The molecule has 0 unspecified atom stereocenters. The quantitative estimate of drug-likeness (QED) is 0.686. The molecule has 0 atom stereocenters. The summed E-state index contributed by atoms with van der Waals surface area (Å²) in [6, 6.07) is 19.4. The predicted molar refractivity (Wildman–Crippen MR) is 76.1 cm³/mol. The zero-order chi connectivity index (χ0) is 13.8. The van der Waals surface area contributed by atoms with Gasteiger partial charge < -0.3 is 4.74 Å². The van der Waals surface area contributed by atoms with Crippen molar-refractivity contribution >= 4 is 0 Å². The van der Waals surface area contributed by atoms with Gasteiger partial charge in [-0.1, -0.05) is 6.07 Å². The van der Waals surface area contributed by atoms with Crippen LogP contribution >= 0.6 is 0 Å². The van der Waals surface area contributed by atoms with E-state index in [0.717, 1.165) is 11.3 Å². The Morgan fingerprint density at radius 3 is 2.00 bits per heavy atom. The number of hydrogen-bond donors (Lipinski definition) is 0. The zero-order valence-corrected chi connectivity index (χ0v) is 10.7. The molecule has 0 fully saturated rings. The van der Waals surface area contributed by atoms with Crippen molar-refractivity contribution in [2.75, 3.05) is 0 Å². The van der Waals surface area contributed by atoms with Gasteiger partial charge in [0.05, 0.1) is 5.69 Å². The fourth-order valence-electron chi connectivity index (χ4n) is 1.87. The van der Waals surface area contributed by atoms with Gasteiger partial charge in [-0.15, -0.1) is 0 Å². The molecule has 2 aromatic carbocycles. The van der Waals surface area contributed by atoms with Crippen LogP contribution in [0.15, 0.2) is 72.9 Å². The molecule has 0 amide bonds. The molecule has 0 bridgehead atoms. The minimum absolute atomic E-state index is 0.275. The van der Waals surface area contributed by atoms with Crippen molar-refractivity contribution in [1.29, 1.82) is 0 Å². The Balaban J connectivity index is 1.78. The van der Waals surface area contributed by atoms with Crippen LogP contribution in [-0.2, 0) is 0 Å². The number of aromatic nitrogens is 1. The van der Waals surface area contributed by atoms with E-state index in [2.05, 4.69) is 4.98 Å². The first kappa shape index (κ1) is 12.4. The molecule has 0 N–H and O–H groups in total. The third kappa shape index (κ3) is 2.83. The fourth-order valence-corrected chi connectivity index (χ4v) is 1.87. The van der Waals surface area contributed by atoms with E-state index >= 15 is 0 Å². The second-order valence-electron chi connectivity index (χ2n) is 4.30. The molecule has 3 heteroatoms. The van der Waals surface area contributed by atoms with Gasteiger partial charge >= 0.3 is 0 Å². The number of ether oxygens (including phenoxy) is 1. The van der Waals surface area contributed by atoms with Crippen LogP contribution in [0.2, 0.25) is 0 Å². The fraction of sp³-hybridized carbons (Fsp3) is 0. The number of hydrogen-bond acceptors (Lipinski definition) is 2. The van der Waals surface area contributed by atoms with Gasteiger partial charge in [0.15, 0.2) is 0 Å². The highest BCUT2D eigenvalue weighted by Crippen LogP contribution is 2.24. The lowest BCUT2D eigenvalue weighted by Crippen LogP contribution is -1.86. The molecule has 1 aromatic heterocycles. The average Bonchev–Trinajstić information content (AvgIpc) is 2.51. The van der Waals surface area contributed by atoms with Crippen LogP contribution in [0.25, 0.3) is 11.3 Å². The molecule has 2 nitrogen and oxygen atoms in total. The van der Waals surface area contributed by atoms with Crippen LogP contribution in [0.4, 0.5) is 4.39 Å². The lowest BCUT2D eigenvalue weighted by atomic mass is 10.1. The van der Waals surface area contributed by atoms with Gasteiger partial charge in [0.2, 0.25) is 0 Å². The van der Waals surface area contributed by atoms with Crippen molar-refractivity contribution in [2.24, 2.45) is 0 Å². The van der Waals surface area contributed by atoms with E-state index in [1.54, 1.807) is 18.3 Å². The van der Waals surface area contributed by atoms with Gasteiger partial charge in [-0.05, 0) is 60.7 Å². The second-order valence-corrected chi connectivity index (χ2v) is 4.30. The van der Waals surface area contributed by atoms with Gasteiger partial charge in [0.25, 0.3) is 0 Å². The summed E-state index contributed by atoms with van der Waals surface area (Å²) in [5.74, 6) is 1.04. The predicted octanol–water partition coefficient (Wildman–Crippen LogP) is 4.68. The molecule has 0 aliphatic carbocycles. The summed E-state index contributed by atoms with van der Waals surface area (Å²) in [6.45, 7) is 0. The molecular formula is C17H12FNO. The Hall–Kier alpha value is -2.68. The standard InChI is InChI=1S/C17H12FNO/c18-14-6-10-16(11-7-14)20-15-8-4-13(5-9-15)17-3-1-2-12-19-17/h1-12H. The first-order valence-corrected chi connectivity index (χ1v) is 6.26. The van der Waals surface area contributed by atoms with E-state index in [0.29, 0.717) is 11.5 Å². The lowest BCUT2D eigenvalue weighted by Gasteiger charge is -2.06. The molecule has 0 spiro atoms. The van der Waals surface area contributed by atoms with E-state index in [4.69, 9.17) is 4.74 Å². The van der Waals surface area contributed by atoms with Gasteiger partial charge in [0.1, 0.15) is 17.3 Å². The second kappa shape index (κ2) is 5.53. The molecule has 3 rings (SSSR count). The molecule has 3 aromatic rings. The van der Waals surface area contributed by atoms with Gasteiger partial charge in [-0.25, -0.2) is 4.39 Å². The molecule has 20 heavy (non-hydrogen) atoms. The monoisotopic (exact) mass is 265 g/mol. The lowest BCUT2D eigenvalue weighted by molar-refractivity contribution is 0.480. The smallest absolute Gasteiger partial charge is 0.127 e. The maximum absolute atomic E-state index is 12.8. The molecule has 98 valence electrons. The maximum Gasteiger partial charge on any atom is 0.127 e. The molecule has 1 heterocycles. The summed E-state index contributed by atoms with van der Waals surface area (Å²) >= 11 is 0. The number of rotatable bonds is 3. The Labute approximate surface area is 116 Å². The summed E-state index contributed by atoms with van der Waals surface area (Å²) < 4.78 is 18.4. The Bertz CT molecular complexity index is 678. The van der Waals surface area contributed by atoms with E-state index in [-0.39, 0.29) is 5.82 Å². The van der Waals surface area contributed by atoms with Crippen LogP contribution in [-0.4, -0.2) is 4.98 Å². The van der Waals surface area contributed by atoms with E-state index in [1.807, 2.05) is 42.5 Å². The summed E-state index contributed by atoms with van der Waals surface area (Å²) in [4.78, 5) is 4.29. The highest BCUT2D eigenvalue weighted by molar-refractivity contribution is 5.59. The highest BCUT2D eigenvalue weighted by Gasteiger charge is 2.01. The van der Waals surface area contributed by atoms with Crippen molar-refractivity contribution in [3.8, 4) is 22.8 Å². The normalized spacial score (nSPS) is 10.2. The summed E-state index contributed by atoms with van der Waals surface area (Å²) in [7, 11) is 0. The average molecular weight is 265 g/mol. The van der Waals surface area contributed by atoms with Gasteiger partial charge in [-0.2, -0.15) is 0 Å². The first-order chi connectivity index (χ1) is 9.81. The Morgan fingerprint density at radius 2 is 1.40 bits per heavy atom. The molecule has 0 radical (unpaired) electrons. The Kier molecular flexibility index (Phi) is 3.42. The van der Waals surface area contributed by atoms with Crippen LogP contribution in [0, 0.1) is 5.82 Å². The van der Waals surface area contributed by atoms with Gasteiger partial charge in [-0.3, -0.25) is 4.98 Å². The summed E-state index contributed by atoms with van der Waals surface area (Å²) in [5.41, 5.74) is 1.94. The third-order valence-corrected chi connectivity index (χ3v) is 2.86. The molecule has 0 saturated heterocycles. The Morgan fingerprint density at radius 1 is 0.750 bits per heavy atom. The van der Waals surface area contributed by atoms with Crippen LogP contribution in [0.5, 0.6) is 11.5 Å². The van der Waals surface area contributed by atoms with E-state index < -0.39 is 0 Å². The van der Waals surface area contributed by atoms with Crippen molar-refractivity contribution in [3.05, 3.63) is 78.7 Å². The molecule has 0 aliphatic heterocycles. The van der Waals surface area contributed by atoms with E-state index in [1.165, 1.54) is 12.1 Å². The first-order valence-electron chi connectivity index (χ1n) is 6.26.